The molecule has 3 unspecified atom stereocenters. The van der Waals surface area contributed by atoms with Crippen molar-refractivity contribution in [3.8, 4) is 0 Å². The normalized spacial score (nSPS) is 28.2. The fourth-order valence-corrected chi connectivity index (χ4v) is 4.40. The molecule has 2 aliphatic heterocycles. The highest BCUT2D eigenvalue weighted by Gasteiger charge is 2.50. The summed E-state index contributed by atoms with van der Waals surface area (Å²) in [6.07, 6.45) is 4.02. The molecule has 136 valence electrons. The predicted molar refractivity (Wildman–Crippen MR) is 93.8 cm³/mol. The highest BCUT2D eigenvalue weighted by atomic mass is 16.6. The third-order valence-electron chi connectivity index (χ3n) is 5.96. The number of nitrogens with zero attached hydrogens (tertiary/aromatic N) is 1. The van der Waals surface area contributed by atoms with E-state index in [0.29, 0.717) is 17.6 Å². The van der Waals surface area contributed by atoms with Crippen LogP contribution in [0.3, 0.4) is 0 Å². The van der Waals surface area contributed by atoms with Crippen LogP contribution in [0.2, 0.25) is 0 Å². The van der Waals surface area contributed by atoms with Crippen molar-refractivity contribution in [2.45, 2.75) is 56.7 Å². The molecule has 5 nitrogen and oxygen atoms in total. The van der Waals surface area contributed by atoms with E-state index in [0.717, 1.165) is 17.3 Å². The van der Waals surface area contributed by atoms with Crippen LogP contribution in [0.1, 0.15) is 44.1 Å². The number of carbonyl (C=O) groups excluding carboxylic acids is 2. The molecule has 2 aliphatic rings. The second-order valence-corrected chi connectivity index (χ2v) is 7.64. The van der Waals surface area contributed by atoms with Crippen molar-refractivity contribution in [2.24, 2.45) is 0 Å². The molecule has 0 saturated carbocycles. The van der Waals surface area contributed by atoms with Crippen molar-refractivity contribution in [1.29, 1.82) is 0 Å². The molecule has 1 aromatic carbocycles. The molecule has 1 aromatic rings. The van der Waals surface area contributed by atoms with Crippen molar-refractivity contribution >= 4 is 11.9 Å². The third kappa shape index (κ3) is 3.56. The van der Waals surface area contributed by atoms with E-state index in [2.05, 4.69) is 14.1 Å². The van der Waals surface area contributed by atoms with Gasteiger partial charge in [0, 0.05) is 25.7 Å². The lowest BCUT2D eigenvalue weighted by Gasteiger charge is -2.43. The number of quaternary nitrogens is 1. The standard InChI is InChI=1S/C20H28NO4/c1-4-24-19(22)18(14-8-6-5-7-9-14)20(23)25-17-12-15-10-11-16(13-17)21(15,2)3/h5-9,15-18H,4,10-13H2,1-3H3/q+1. The third-order valence-corrected chi connectivity index (χ3v) is 5.96. The van der Waals surface area contributed by atoms with Gasteiger partial charge in [0.15, 0.2) is 5.92 Å². The van der Waals surface area contributed by atoms with Gasteiger partial charge in [-0.05, 0) is 12.5 Å². The van der Waals surface area contributed by atoms with E-state index in [4.69, 9.17) is 9.47 Å². The van der Waals surface area contributed by atoms with E-state index in [9.17, 15) is 9.59 Å². The smallest absolute Gasteiger partial charge is 0.325 e. The Labute approximate surface area is 149 Å². The Hall–Kier alpha value is -1.88. The molecule has 3 atom stereocenters. The highest BCUT2D eigenvalue weighted by molar-refractivity contribution is 6.00. The van der Waals surface area contributed by atoms with E-state index >= 15 is 0 Å². The van der Waals surface area contributed by atoms with Crippen LogP contribution in [0.25, 0.3) is 0 Å². The number of rotatable bonds is 5. The zero-order chi connectivity index (χ0) is 18.0. The number of hydrogen-bond donors (Lipinski definition) is 0. The van der Waals surface area contributed by atoms with Gasteiger partial charge in [0.1, 0.15) is 6.10 Å². The Kier molecular flexibility index (Phi) is 5.13. The summed E-state index contributed by atoms with van der Waals surface area (Å²) in [4.78, 5) is 25.1. The van der Waals surface area contributed by atoms with Crippen LogP contribution in [0.5, 0.6) is 0 Å². The maximum atomic E-state index is 12.8. The molecule has 2 saturated heterocycles. The van der Waals surface area contributed by atoms with Crippen molar-refractivity contribution in [1.82, 2.24) is 0 Å². The lowest BCUT2D eigenvalue weighted by atomic mass is 9.96. The SMILES string of the molecule is CCOC(=O)C(C(=O)OC1CC2CCC(C1)[N+]2(C)C)c1ccccc1. The number of ether oxygens (including phenoxy) is 2. The highest BCUT2D eigenvalue weighted by Crippen LogP contribution is 2.40. The molecule has 0 radical (unpaired) electrons. The van der Waals surface area contributed by atoms with Crippen LogP contribution in [0.15, 0.2) is 30.3 Å². The first-order chi connectivity index (χ1) is 11.9. The first-order valence-electron chi connectivity index (χ1n) is 9.19. The van der Waals surface area contributed by atoms with Gasteiger partial charge >= 0.3 is 11.9 Å². The van der Waals surface area contributed by atoms with Crippen molar-refractivity contribution in [3.05, 3.63) is 35.9 Å². The molecule has 5 heteroatoms. The van der Waals surface area contributed by atoms with Crippen LogP contribution in [-0.4, -0.2) is 55.3 Å². The van der Waals surface area contributed by atoms with E-state index in [1.807, 2.05) is 18.2 Å². The van der Waals surface area contributed by atoms with Gasteiger partial charge in [-0.15, -0.1) is 0 Å². The fourth-order valence-electron chi connectivity index (χ4n) is 4.40. The largest absolute Gasteiger partial charge is 0.465 e. The number of benzene rings is 1. The monoisotopic (exact) mass is 346 g/mol. The molecule has 2 bridgehead atoms. The predicted octanol–water partition coefficient (Wildman–Crippen LogP) is 2.65. The van der Waals surface area contributed by atoms with Gasteiger partial charge in [0.05, 0.1) is 32.8 Å². The van der Waals surface area contributed by atoms with Crippen LogP contribution in [-0.2, 0) is 19.1 Å². The average Bonchev–Trinajstić information content (AvgIpc) is 2.75. The first kappa shape index (κ1) is 17.9. The van der Waals surface area contributed by atoms with Gasteiger partial charge in [0.25, 0.3) is 0 Å². The summed E-state index contributed by atoms with van der Waals surface area (Å²) in [5.74, 6) is -2.02. The molecule has 2 fully saturated rings. The van der Waals surface area contributed by atoms with Crippen LogP contribution in [0.4, 0.5) is 0 Å². The second-order valence-electron chi connectivity index (χ2n) is 7.64. The quantitative estimate of drug-likeness (QED) is 0.467. The van der Waals surface area contributed by atoms with E-state index < -0.39 is 17.9 Å². The number of hydrogen-bond acceptors (Lipinski definition) is 4. The maximum absolute atomic E-state index is 12.8. The Morgan fingerprint density at radius 3 is 2.24 bits per heavy atom. The molecule has 0 N–H and O–H groups in total. The number of esters is 2. The van der Waals surface area contributed by atoms with Gasteiger partial charge < -0.3 is 14.0 Å². The summed E-state index contributed by atoms with van der Waals surface area (Å²) in [5.41, 5.74) is 0.626. The topological polar surface area (TPSA) is 52.6 Å². The summed E-state index contributed by atoms with van der Waals surface area (Å²) in [6.45, 7) is 1.98. The summed E-state index contributed by atoms with van der Waals surface area (Å²) < 4.78 is 11.9. The van der Waals surface area contributed by atoms with Crippen LogP contribution < -0.4 is 0 Å². The second kappa shape index (κ2) is 7.16. The van der Waals surface area contributed by atoms with Gasteiger partial charge in [0.2, 0.25) is 0 Å². The molecule has 3 rings (SSSR count). The van der Waals surface area contributed by atoms with Crippen molar-refractivity contribution in [2.75, 3.05) is 20.7 Å². The average molecular weight is 346 g/mol. The summed E-state index contributed by atoms with van der Waals surface area (Å²) in [5, 5.41) is 0. The first-order valence-corrected chi connectivity index (χ1v) is 9.19. The Bertz CT molecular complexity index is 612. The lowest BCUT2D eigenvalue weighted by molar-refractivity contribution is -0.931. The van der Waals surface area contributed by atoms with E-state index in [1.165, 1.54) is 12.8 Å². The van der Waals surface area contributed by atoms with Crippen molar-refractivity contribution < 1.29 is 23.5 Å². The summed E-state index contributed by atoms with van der Waals surface area (Å²) in [7, 11) is 4.54. The number of carbonyl (C=O) groups is 2. The maximum Gasteiger partial charge on any atom is 0.325 e. The van der Waals surface area contributed by atoms with Crippen molar-refractivity contribution in [3.63, 3.8) is 0 Å². The minimum absolute atomic E-state index is 0.100. The molecule has 2 heterocycles. The zero-order valence-corrected chi connectivity index (χ0v) is 15.3. The fraction of sp³-hybridized carbons (Fsp3) is 0.600. The number of piperidine rings is 1. The molecule has 0 aromatic heterocycles. The molecule has 25 heavy (non-hydrogen) atoms. The number of fused-ring (bicyclic) bond motifs is 2. The molecular formula is C20H28NO4+. The summed E-state index contributed by atoms with van der Waals surface area (Å²) in [6, 6.07) is 10.1. The molecule has 0 aliphatic carbocycles. The van der Waals surface area contributed by atoms with E-state index in [-0.39, 0.29) is 12.7 Å². The Morgan fingerprint density at radius 2 is 1.68 bits per heavy atom. The van der Waals surface area contributed by atoms with Gasteiger partial charge in [-0.3, -0.25) is 9.59 Å². The Balaban J connectivity index is 1.72. The zero-order valence-electron chi connectivity index (χ0n) is 15.3. The van der Waals surface area contributed by atoms with Gasteiger partial charge in [-0.1, -0.05) is 30.3 Å². The lowest BCUT2D eigenvalue weighted by Crippen LogP contribution is -2.56. The Morgan fingerprint density at radius 1 is 1.08 bits per heavy atom. The van der Waals surface area contributed by atoms with Gasteiger partial charge in [-0.2, -0.15) is 0 Å². The van der Waals surface area contributed by atoms with Crippen LogP contribution >= 0.6 is 0 Å². The summed E-state index contributed by atoms with van der Waals surface area (Å²) >= 11 is 0. The molecule has 0 amide bonds. The minimum Gasteiger partial charge on any atom is -0.465 e. The van der Waals surface area contributed by atoms with Gasteiger partial charge in [-0.25, -0.2) is 0 Å². The van der Waals surface area contributed by atoms with E-state index in [1.54, 1.807) is 19.1 Å². The van der Waals surface area contributed by atoms with Crippen LogP contribution in [0, 0.1) is 0 Å². The molecule has 0 spiro atoms. The minimum atomic E-state index is -0.997. The molecular weight excluding hydrogens is 318 g/mol.